The van der Waals surface area contributed by atoms with Gasteiger partial charge in [0.2, 0.25) is 0 Å². The van der Waals surface area contributed by atoms with Crippen LogP contribution in [0.4, 0.5) is 10.1 Å². The molecule has 2 heterocycles. The number of benzene rings is 1. The summed E-state index contributed by atoms with van der Waals surface area (Å²) in [6.45, 7) is 2.04. The standard InChI is InChI=1S/C14H12BrFN4S/c1-9(13-4-5-14(15)21-13)19-10-2-3-12(11(16)6-10)20-8-17-7-18-20/h2-9,19H,1H3. The number of anilines is 1. The molecule has 1 N–H and O–H groups in total. The van der Waals surface area contributed by atoms with E-state index in [1.807, 2.05) is 25.1 Å². The average molecular weight is 367 g/mol. The van der Waals surface area contributed by atoms with Gasteiger partial charge in [0.15, 0.2) is 5.82 Å². The lowest BCUT2D eigenvalue weighted by Gasteiger charge is -2.14. The van der Waals surface area contributed by atoms with Crippen molar-refractivity contribution in [2.45, 2.75) is 13.0 Å². The van der Waals surface area contributed by atoms with Crippen LogP contribution >= 0.6 is 27.3 Å². The van der Waals surface area contributed by atoms with Crippen molar-refractivity contribution >= 4 is 33.0 Å². The van der Waals surface area contributed by atoms with Gasteiger partial charge in [-0.3, -0.25) is 0 Å². The Morgan fingerprint density at radius 1 is 1.33 bits per heavy atom. The number of halogens is 2. The van der Waals surface area contributed by atoms with Crippen molar-refractivity contribution in [2.75, 3.05) is 5.32 Å². The van der Waals surface area contributed by atoms with Gasteiger partial charge in [0, 0.05) is 10.6 Å². The van der Waals surface area contributed by atoms with E-state index in [0.717, 1.165) is 9.47 Å². The Morgan fingerprint density at radius 2 is 2.19 bits per heavy atom. The normalized spacial score (nSPS) is 12.3. The summed E-state index contributed by atoms with van der Waals surface area (Å²) in [4.78, 5) is 5.00. The highest BCUT2D eigenvalue weighted by Gasteiger charge is 2.10. The monoisotopic (exact) mass is 366 g/mol. The van der Waals surface area contributed by atoms with E-state index in [9.17, 15) is 4.39 Å². The largest absolute Gasteiger partial charge is 0.378 e. The van der Waals surface area contributed by atoms with Gasteiger partial charge in [-0.2, -0.15) is 5.10 Å². The Hall–Kier alpha value is -1.73. The highest BCUT2D eigenvalue weighted by atomic mass is 79.9. The van der Waals surface area contributed by atoms with Crippen LogP contribution < -0.4 is 5.32 Å². The first-order valence-electron chi connectivity index (χ1n) is 6.30. The molecule has 1 atom stereocenters. The van der Waals surface area contributed by atoms with E-state index in [1.54, 1.807) is 17.4 Å². The summed E-state index contributed by atoms with van der Waals surface area (Å²) in [7, 11) is 0. The lowest BCUT2D eigenvalue weighted by Crippen LogP contribution is -2.06. The second-order valence-electron chi connectivity index (χ2n) is 4.51. The van der Waals surface area contributed by atoms with Gasteiger partial charge in [-0.05, 0) is 53.2 Å². The minimum absolute atomic E-state index is 0.109. The third kappa shape index (κ3) is 3.14. The van der Waals surface area contributed by atoms with Crippen molar-refractivity contribution in [3.05, 3.63) is 57.5 Å². The molecule has 3 rings (SSSR count). The lowest BCUT2D eigenvalue weighted by molar-refractivity contribution is 0.611. The van der Waals surface area contributed by atoms with Crippen molar-refractivity contribution in [3.8, 4) is 5.69 Å². The maximum absolute atomic E-state index is 14.1. The van der Waals surface area contributed by atoms with Crippen LogP contribution in [0.2, 0.25) is 0 Å². The highest BCUT2D eigenvalue weighted by Crippen LogP contribution is 2.29. The summed E-state index contributed by atoms with van der Waals surface area (Å²) in [5.41, 5.74) is 1.11. The van der Waals surface area contributed by atoms with E-state index in [1.165, 1.54) is 28.3 Å². The van der Waals surface area contributed by atoms with Crippen molar-refractivity contribution in [2.24, 2.45) is 0 Å². The van der Waals surface area contributed by atoms with Gasteiger partial charge >= 0.3 is 0 Å². The Bertz CT molecular complexity index is 741. The van der Waals surface area contributed by atoms with Gasteiger partial charge in [-0.1, -0.05) is 0 Å². The van der Waals surface area contributed by atoms with Crippen molar-refractivity contribution in [1.29, 1.82) is 0 Å². The summed E-state index contributed by atoms with van der Waals surface area (Å²) < 4.78 is 16.6. The molecule has 1 aromatic carbocycles. The van der Waals surface area contributed by atoms with Crippen LogP contribution in [0.5, 0.6) is 0 Å². The molecule has 21 heavy (non-hydrogen) atoms. The minimum Gasteiger partial charge on any atom is -0.378 e. The fourth-order valence-electron chi connectivity index (χ4n) is 2.00. The molecular weight excluding hydrogens is 355 g/mol. The fourth-order valence-corrected chi connectivity index (χ4v) is 3.42. The van der Waals surface area contributed by atoms with Crippen LogP contribution in [0.1, 0.15) is 17.8 Å². The molecule has 0 fully saturated rings. The van der Waals surface area contributed by atoms with Crippen LogP contribution in [0.3, 0.4) is 0 Å². The van der Waals surface area contributed by atoms with Crippen molar-refractivity contribution in [1.82, 2.24) is 14.8 Å². The molecule has 0 aliphatic heterocycles. The Kier molecular flexibility index (Phi) is 4.03. The molecule has 0 spiro atoms. The van der Waals surface area contributed by atoms with Gasteiger partial charge in [-0.25, -0.2) is 14.1 Å². The van der Waals surface area contributed by atoms with E-state index in [-0.39, 0.29) is 11.9 Å². The maximum Gasteiger partial charge on any atom is 0.150 e. The summed E-state index contributed by atoms with van der Waals surface area (Å²) >= 11 is 5.10. The first kappa shape index (κ1) is 14.2. The molecule has 2 aromatic heterocycles. The summed E-state index contributed by atoms with van der Waals surface area (Å²) in [5, 5.41) is 7.22. The molecule has 0 aliphatic rings. The first-order valence-corrected chi connectivity index (χ1v) is 7.91. The molecule has 108 valence electrons. The van der Waals surface area contributed by atoms with Crippen molar-refractivity contribution in [3.63, 3.8) is 0 Å². The topological polar surface area (TPSA) is 42.7 Å². The molecule has 0 aliphatic carbocycles. The van der Waals surface area contributed by atoms with Crippen LogP contribution in [0.25, 0.3) is 5.69 Å². The molecule has 0 amide bonds. The number of rotatable bonds is 4. The van der Waals surface area contributed by atoms with Gasteiger partial charge in [-0.15, -0.1) is 11.3 Å². The number of nitrogens with one attached hydrogen (secondary N) is 1. The predicted octanol–water partition coefficient (Wildman–Crippen LogP) is 4.40. The number of hydrogen-bond acceptors (Lipinski definition) is 4. The number of nitrogens with zero attached hydrogens (tertiary/aromatic N) is 3. The molecule has 3 aromatic rings. The lowest BCUT2D eigenvalue weighted by atomic mass is 10.2. The number of hydrogen-bond donors (Lipinski definition) is 1. The Balaban J connectivity index is 1.79. The molecule has 0 saturated carbocycles. The summed E-state index contributed by atoms with van der Waals surface area (Å²) in [6.07, 6.45) is 2.85. The Morgan fingerprint density at radius 3 is 2.81 bits per heavy atom. The molecule has 0 saturated heterocycles. The van der Waals surface area contributed by atoms with Gasteiger partial charge in [0.25, 0.3) is 0 Å². The van der Waals surface area contributed by atoms with Crippen LogP contribution in [-0.2, 0) is 0 Å². The third-order valence-electron chi connectivity index (χ3n) is 3.02. The van der Waals surface area contributed by atoms with Crippen LogP contribution in [0.15, 0.2) is 46.8 Å². The molecule has 4 nitrogen and oxygen atoms in total. The molecule has 1 unspecified atom stereocenters. The van der Waals surface area contributed by atoms with Gasteiger partial charge in [0.1, 0.15) is 18.3 Å². The second-order valence-corrected chi connectivity index (χ2v) is 7.01. The second kappa shape index (κ2) is 5.95. The van der Waals surface area contributed by atoms with E-state index >= 15 is 0 Å². The van der Waals surface area contributed by atoms with E-state index < -0.39 is 0 Å². The zero-order chi connectivity index (χ0) is 14.8. The maximum atomic E-state index is 14.1. The smallest absolute Gasteiger partial charge is 0.150 e. The summed E-state index contributed by atoms with van der Waals surface area (Å²) in [5.74, 6) is -0.343. The molecule has 0 bridgehead atoms. The third-order valence-corrected chi connectivity index (χ3v) is 4.82. The predicted molar refractivity (Wildman–Crippen MR) is 85.4 cm³/mol. The molecule has 0 radical (unpaired) electrons. The minimum atomic E-state index is -0.343. The van der Waals surface area contributed by atoms with Crippen LogP contribution in [-0.4, -0.2) is 14.8 Å². The number of aromatic nitrogens is 3. The summed E-state index contributed by atoms with van der Waals surface area (Å²) in [6, 6.07) is 9.15. The highest BCUT2D eigenvalue weighted by molar-refractivity contribution is 9.11. The zero-order valence-electron chi connectivity index (χ0n) is 11.1. The van der Waals surface area contributed by atoms with E-state index in [4.69, 9.17) is 0 Å². The Labute approximate surface area is 133 Å². The van der Waals surface area contributed by atoms with Gasteiger partial charge in [0.05, 0.1) is 9.83 Å². The van der Waals surface area contributed by atoms with E-state index in [2.05, 4.69) is 31.3 Å². The zero-order valence-corrected chi connectivity index (χ0v) is 13.5. The van der Waals surface area contributed by atoms with Crippen LogP contribution in [0, 0.1) is 5.82 Å². The fraction of sp³-hybridized carbons (Fsp3) is 0.143. The molecular formula is C14H12BrFN4S. The molecule has 7 heteroatoms. The van der Waals surface area contributed by atoms with E-state index in [0.29, 0.717) is 5.69 Å². The first-order chi connectivity index (χ1) is 10.1. The SMILES string of the molecule is CC(Nc1ccc(-n2cncn2)c(F)c1)c1ccc(Br)s1. The van der Waals surface area contributed by atoms with Crippen molar-refractivity contribution < 1.29 is 4.39 Å². The quantitative estimate of drug-likeness (QED) is 0.743. The number of thiophene rings is 1. The van der Waals surface area contributed by atoms with Gasteiger partial charge < -0.3 is 5.32 Å². The average Bonchev–Trinajstić information content (AvgIpc) is 3.10.